The Morgan fingerprint density at radius 1 is 1.21 bits per heavy atom. The molecule has 4 heterocycles. The number of aromatic nitrogens is 6. The molecule has 0 atom stereocenters. The van der Waals surface area contributed by atoms with Crippen molar-refractivity contribution in [1.82, 2.24) is 34.5 Å². The first-order valence-corrected chi connectivity index (χ1v) is 11.6. The van der Waals surface area contributed by atoms with Crippen molar-refractivity contribution in [1.29, 1.82) is 0 Å². The maximum atomic E-state index is 13.1. The van der Waals surface area contributed by atoms with Gasteiger partial charge in [-0.2, -0.15) is 18.3 Å². The summed E-state index contributed by atoms with van der Waals surface area (Å²) in [6, 6.07) is 3.43. The number of hydrogen-bond donors (Lipinski definition) is 1. The zero-order chi connectivity index (χ0) is 23.5. The Labute approximate surface area is 184 Å². The van der Waals surface area contributed by atoms with E-state index in [9.17, 15) is 26.4 Å². The first kappa shape index (κ1) is 21.3. The first-order valence-electron chi connectivity index (χ1n) is 9.94. The molecular weight excluding hydrogens is 463 g/mol. The molecule has 0 spiro atoms. The number of hydrogen-bond acceptors (Lipinski definition) is 7. The van der Waals surface area contributed by atoms with Gasteiger partial charge in [-0.25, -0.2) is 27.4 Å². The van der Waals surface area contributed by atoms with Gasteiger partial charge in [-0.1, -0.05) is 6.92 Å². The lowest BCUT2D eigenvalue weighted by Crippen LogP contribution is -2.27. The highest BCUT2D eigenvalue weighted by atomic mass is 32.2. The molecule has 1 saturated carbocycles. The Morgan fingerprint density at radius 2 is 1.97 bits per heavy atom. The van der Waals surface area contributed by atoms with Gasteiger partial charge in [-0.05, 0) is 31.0 Å². The quantitative estimate of drug-likeness (QED) is 0.465. The highest BCUT2D eigenvalue weighted by Gasteiger charge is 2.33. The molecule has 0 saturated heterocycles. The second-order valence-electron chi connectivity index (χ2n) is 7.55. The van der Waals surface area contributed by atoms with E-state index in [1.54, 1.807) is 0 Å². The molecule has 0 radical (unpaired) electrons. The molecule has 33 heavy (non-hydrogen) atoms. The van der Waals surface area contributed by atoms with Crippen LogP contribution in [0.2, 0.25) is 0 Å². The Bertz CT molecular complexity index is 1520. The summed E-state index contributed by atoms with van der Waals surface area (Å²) in [5.41, 5.74) is -0.897. The molecule has 172 valence electrons. The summed E-state index contributed by atoms with van der Waals surface area (Å²) in [4.78, 5) is 21.0. The summed E-state index contributed by atoms with van der Waals surface area (Å²) >= 11 is 0. The van der Waals surface area contributed by atoms with Gasteiger partial charge >= 0.3 is 6.18 Å². The number of fused-ring (bicyclic) bond motifs is 2. The van der Waals surface area contributed by atoms with Crippen molar-refractivity contribution in [3.05, 3.63) is 41.9 Å². The number of carbonyl (C=O) groups excluding carboxylic acids is 1. The van der Waals surface area contributed by atoms with E-state index in [-0.39, 0.29) is 40.2 Å². The van der Waals surface area contributed by atoms with Gasteiger partial charge in [-0.3, -0.25) is 4.79 Å². The Morgan fingerprint density at radius 3 is 2.64 bits per heavy atom. The van der Waals surface area contributed by atoms with E-state index in [1.165, 1.54) is 19.2 Å². The molecule has 4 aromatic heterocycles. The number of nitrogens with one attached hydrogen (secondary N) is 1. The standard InChI is InChI=1S/C19H16F3N7O3S/c1-2-33(31,32)18-14(15-25-13-6-3-10(19(20,21)22)9-28(13)26-15)16-23-8-7-12(29(16)27-18)17(30)24-11-4-5-11/h3,6-9,11H,2,4-5H2,1H3,(H,24,30). The molecule has 1 fully saturated rings. The highest BCUT2D eigenvalue weighted by Crippen LogP contribution is 2.32. The summed E-state index contributed by atoms with van der Waals surface area (Å²) in [5, 5.41) is 10.6. The van der Waals surface area contributed by atoms with E-state index in [0.717, 1.165) is 40.2 Å². The second-order valence-corrected chi connectivity index (χ2v) is 9.74. The zero-order valence-electron chi connectivity index (χ0n) is 17.0. The van der Waals surface area contributed by atoms with Crippen molar-refractivity contribution in [2.75, 3.05) is 5.75 Å². The summed E-state index contributed by atoms with van der Waals surface area (Å²) in [7, 11) is -3.93. The maximum Gasteiger partial charge on any atom is 0.417 e. The molecule has 0 aromatic carbocycles. The van der Waals surface area contributed by atoms with Crippen LogP contribution in [-0.2, 0) is 16.0 Å². The molecule has 1 N–H and O–H groups in total. The lowest BCUT2D eigenvalue weighted by Gasteiger charge is -2.05. The molecule has 10 nitrogen and oxygen atoms in total. The predicted octanol–water partition coefficient (Wildman–Crippen LogP) is 2.14. The molecule has 4 aromatic rings. The minimum Gasteiger partial charge on any atom is -0.348 e. The average molecular weight is 479 g/mol. The normalized spacial score (nSPS) is 14.8. The molecule has 0 bridgehead atoms. The van der Waals surface area contributed by atoms with Gasteiger partial charge in [-0.15, -0.1) is 5.10 Å². The lowest BCUT2D eigenvalue weighted by molar-refractivity contribution is -0.137. The minimum absolute atomic E-state index is 0.00239. The van der Waals surface area contributed by atoms with Crippen LogP contribution < -0.4 is 5.32 Å². The Balaban J connectivity index is 1.74. The number of halogens is 3. The average Bonchev–Trinajstić information content (AvgIpc) is 3.33. The van der Waals surface area contributed by atoms with Gasteiger partial charge in [0.25, 0.3) is 5.91 Å². The predicted molar refractivity (Wildman–Crippen MR) is 108 cm³/mol. The fourth-order valence-corrected chi connectivity index (χ4v) is 4.26. The van der Waals surface area contributed by atoms with E-state index in [4.69, 9.17) is 0 Å². The van der Waals surface area contributed by atoms with Crippen LogP contribution in [0, 0.1) is 0 Å². The third-order valence-electron chi connectivity index (χ3n) is 5.19. The Kier molecular flexibility index (Phi) is 4.67. The van der Waals surface area contributed by atoms with E-state index in [1.807, 2.05) is 0 Å². The number of nitrogens with zero attached hydrogens (tertiary/aromatic N) is 6. The largest absolute Gasteiger partial charge is 0.417 e. The van der Waals surface area contributed by atoms with E-state index in [0.29, 0.717) is 0 Å². The van der Waals surface area contributed by atoms with Crippen molar-refractivity contribution in [3.63, 3.8) is 0 Å². The minimum atomic E-state index is -4.59. The van der Waals surface area contributed by atoms with Gasteiger partial charge in [0.1, 0.15) is 11.3 Å². The molecule has 0 unspecified atom stereocenters. The summed E-state index contributed by atoms with van der Waals surface area (Å²) in [5.74, 6) is -0.931. The van der Waals surface area contributed by atoms with Crippen molar-refractivity contribution < 1.29 is 26.4 Å². The van der Waals surface area contributed by atoms with Crippen LogP contribution in [-0.4, -0.2) is 55.3 Å². The number of amides is 1. The van der Waals surface area contributed by atoms with Crippen LogP contribution in [0.3, 0.4) is 0 Å². The van der Waals surface area contributed by atoms with Gasteiger partial charge in [0, 0.05) is 18.4 Å². The van der Waals surface area contributed by atoms with Crippen molar-refractivity contribution in [2.45, 2.75) is 37.0 Å². The lowest BCUT2D eigenvalue weighted by atomic mass is 10.3. The summed E-state index contributed by atoms with van der Waals surface area (Å²) < 4.78 is 66.9. The van der Waals surface area contributed by atoms with E-state index < -0.39 is 32.5 Å². The molecule has 0 aliphatic heterocycles. The fourth-order valence-electron chi connectivity index (χ4n) is 3.29. The van der Waals surface area contributed by atoms with Crippen molar-refractivity contribution in [3.8, 4) is 11.4 Å². The number of sulfone groups is 1. The monoisotopic (exact) mass is 479 g/mol. The smallest absolute Gasteiger partial charge is 0.348 e. The summed E-state index contributed by atoms with van der Waals surface area (Å²) in [6.45, 7) is 1.42. The Hall–Kier alpha value is -3.55. The van der Waals surface area contributed by atoms with E-state index >= 15 is 0 Å². The van der Waals surface area contributed by atoms with Crippen LogP contribution in [0.25, 0.3) is 22.7 Å². The maximum absolute atomic E-state index is 13.1. The van der Waals surface area contributed by atoms with Crippen LogP contribution in [0.15, 0.2) is 35.6 Å². The molecule has 5 rings (SSSR count). The first-order chi connectivity index (χ1) is 15.6. The second kappa shape index (κ2) is 7.23. The summed E-state index contributed by atoms with van der Waals surface area (Å²) in [6.07, 6.45) is -0.807. The molecule has 14 heteroatoms. The number of alkyl halides is 3. The third kappa shape index (κ3) is 3.69. The van der Waals surface area contributed by atoms with Crippen LogP contribution in [0.1, 0.15) is 35.8 Å². The van der Waals surface area contributed by atoms with Gasteiger partial charge in [0.05, 0.1) is 11.3 Å². The number of carbonyl (C=O) groups is 1. The van der Waals surface area contributed by atoms with E-state index in [2.05, 4.69) is 25.5 Å². The number of rotatable bonds is 5. The van der Waals surface area contributed by atoms with Gasteiger partial charge in [0.15, 0.2) is 32.0 Å². The zero-order valence-corrected chi connectivity index (χ0v) is 17.9. The molecule has 1 aliphatic carbocycles. The molecule has 1 aliphatic rings. The van der Waals surface area contributed by atoms with Gasteiger partial charge < -0.3 is 5.32 Å². The fraction of sp³-hybridized carbons (Fsp3) is 0.316. The van der Waals surface area contributed by atoms with Crippen molar-refractivity contribution >= 4 is 27.0 Å². The van der Waals surface area contributed by atoms with Crippen LogP contribution in [0.4, 0.5) is 13.2 Å². The molecule has 1 amide bonds. The van der Waals surface area contributed by atoms with Crippen molar-refractivity contribution in [2.24, 2.45) is 0 Å². The van der Waals surface area contributed by atoms with Gasteiger partial charge in [0.2, 0.25) is 0 Å². The van der Waals surface area contributed by atoms with Crippen LogP contribution >= 0.6 is 0 Å². The number of pyridine rings is 1. The van der Waals surface area contributed by atoms with Crippen LogP contribution in [0.5, 0.6) is 0 Å². The third-order valence-corrected chi connectivity index (χ3v) is 6.82. The topological polar surface area (TPSA) is 124 Å². The SMILES string of the molecule is CCS(=O)(=O)c1nn2c(C(=O)NC3CC3)ccnc2c1-c1nc2ccc(C(F)(F)F)cn2n1. The highest BCUT2D eigenvalue weighted by molar-refractivity contribution is 7.91. The molecular formula is C19H16F3N7O3S.